The summed E-state index contributed by atoms with van der Waals surface area (Å²) in [5, 5.41) is 17.8. The fourth-order valence-electron chi connectivity index (χ4n) is 2.95. The zero-order valence-electron chi connectivity index (χ0n) is 14.4. The van der Waals surface area contributed by atoms with Crippen LogP contribution < -0.4 is 0 Å². The lowest BCUT2D eigenvalue weighted by atomic mass is 9.90. The highest BCUT2D eigenvalue weighted by molar-refractivity contribution is 9.11. The van der Waals surface area contributed by atoms with Crippen molar-refractivity contribution in [1.82, 2.24) is 14.8 Å². The molecule has 1 N–H and O–H groups in total. The van der Waals surface area contributed by atoms with Gasteiger partial charge in [-0.1, -0.05) is 0 Å². The van der Waals surface area contributed by atoms with E-state index in [2.05, 4.69) is 56.7 Å². The molecular formula is C17H23BrClN3O2S. The van der Waals surface area contributed by atoms with E-state index in [1.54, 1.807) is 11.3 Å². The van der Waals surface area contributed by atoms with E-state index in [9.17, 15) is 4.79 Å². The third-order valence-electron chi connectivity index (χ3n) is 4.49. The molecule has 1 fully saturated rings. The van der Waals surface area contributed by atoms with E-state index >= 15 is 0 Å². The number of halogens is 2. The van der Waals surface area contributed by atoms with Gasteiger partial charge in [-0.15, -0.1) is 33.9 Å². The summed E-state index contributed by atoms with van der Waals surface area (Å²) in [4.78, 5) is 12.0. The van der Waals surface area contributed by atoms with Gasteiger partial charge in [0.15, 0.2) is 0 Å². The predicted molar refractivity (Wildman–Crippen MR) is 105 cm³/mol. The minimum atomic E-state index is -0.731. The quantitative estimate of drug-likeness (QED) is 0.578. The Morgan fingerprint density at radius 3 is 2.64 bits per heavy atom. The van der Waals surface area contributed by atoms with Gasteiger partial charge in [0.05, 0.1) is 9.20 Å². The molecule has 3 rings (SSSR count). The van der Waals surface area contributed by atoms with Gasteiger partial charge in [0.2, 0.25) is 0 Å². The molecule has 0 aromatic carbocycles. The molecule has 1 aliphatic carbocycles. The second kappa shape index (κ2) is 8.18. The highest BCUT2D eigenvalue weighted by atomic mass is 79.9. The fraction of sp³-hybridized carbons (Fsp3) is 0.588. The third-order valence-corrected chi connectivity index (χ3v) is 6.44. The molecule has 1 saturated carbocycles. The van der Waals surface area contributed by atoms with Crippen LogP contribution in [0.25, 0.3) is 0 Å². The number of aromatic nitrogens is 3. The molecule has 2 aromatic heterocycles. The van der Waals surface area contributed by atoms with Crippen molar-refractivity contribution in [3.63, 3.8) is 0 Å². The summed E-state index contributed by atoms with van der Waals surface area (Å²) in [5.41, 5.74) is -0.219. The smallest absolute Gasteiger partial charge is 0.303 e. The molecule has 0 spiro atoms. The van der Waals surface area contributed by atoms with Crippen molar-refractivity contribution in [2.75, 3.05) is 0 Å². The van der Waals surface area contributed by atoms with Gasteiger partial charge in [-0.25, -0.2) is 0 Å². The summed E-state index contributed by atoms with van der Waals surface area (Å²) >= 11 is 5.26. The van der Waals surface area contributed by atoms with Gasteiger partial charge in [0.25, 0.3) is 0 Å². The minimum absolute atomic E-state index is 0. The van der Waals surface area contributed by atoms with E-state index in [0.29, 0.717) is 12.3 Å². The van der Waals surface area contributed by atoms with E-state index in [4.69, 9.17) is 5.11 Å². The molecule has 0 amide bonds. The number of rotatable bonds is 8. The van der Waals surface area contributed by atoms with Crippen LogP contribution in [0.1, 0.15) is 68.4 Å². The molecule has 138 valence electrons. The molecule has 2 heterocycles. The van der Waals surface area contributed by atoms with Crippen LogP contribution in [0.3, 0.4) is 0 Å². The Morgan fingerprint density at radius 2 is 2.08 bits per heavy atom. The van der Waals surface area contributed by atoms with Gasteiger partial charge < -0.3 is 9.67 Å². The average Bonchev–Trinajstić information content (AvgIpc) is 3.10. The van der Waals surface area contributed by atoms with Crippen molar-refractivity contribution < 1.29 is 9.90 Å². The third kappa shape index (κ3) is 4.63. The average molecular weight is 449 g/mol. The van der Waals surface area contributed by atoms with Crippen LogP contribution in [-0.4, -0.2) is 25.8 Å². The van der Waals surface area contributed by atoms with Crippen molar-refractivity contribution in [1.29, 1.82) is 0 Å². The molecule has 0 radical (unpaired) electrons. The van der Waals surface area contributed by atoms with Crippen LogP contribution in [0.2, 0.25) is 0 Å². The van der Waals surface area contributed by atoms with Crippen LogP contribution in [0, 0.1) is 0 Å². The first-order valence-electron chi connectivity index (χ1n) is 8.31. The van der Waals surface area contributed by atoms with E-state index < -0.39 is 5.97 Å². The number of thiophene rings is 1. The van der Waals surface area contributed by atoms with E-state index in [1.165, 1.54) is 17.7 Å². The summed E-state index contributed by atoms with van der Waals surface area (Å²) in [6.07, 6.45) is 4.09. The molecule has 5 nitrogen and oxygen atoms in total. The number of aliphatic carboxylic acids is 1. The number of carbonyl (C=O) groups is 1. The maximum atomic E-state index is 10.7. The minimum Gasteiger partial charge on any atom is -0.481 e. The Kier molecular flexibility index (Phi) is 6.68. The molecule has 2 aromatic rings. The molecule has 0 saturated heterocycles. The normalized spacial score (nSPS) is 14.4. The number of hydrogen-bond acceptors (Lipinski definition) is 4. The van der Waals surface area contributed by atoms with Gasteiger partial charge in [-0.3, -0.25) is 4.79 Å². The fourth-order valence-corrected chi connectivity index (χ4v) is 4.43. The highest BCUT2D eigenvalue weighted by Gasteiger charge is 2.36. The second-order valence-electron chi connectivity index (χ2n) is 6.89. The van der Waals surface area contributed by atoms with E-state index in [1.807, 2.05) is 0 Å². The van der Waals surface area contributed by atoms with Gasteiger partial charge in [-0.2, -0.15) is 0 Å². The maximum absolute atomic E-state index is 10.7. The van der Waals surface area contributed by atoms with E-state index in [0.717, 1.165) is 28.4 Å². The van der Waals surface area contributed by atoms with Crippen LogP contribution >= 0.6 is 39.7 Å². The lowest BCUT2D eigenvalue weighted by Crippen LogP contribution is -2.24. The molecular weight excluding hydrogens is 426 g/mol. The van der Waals surface area contributed by atoms with Gasteiger partial charge in [0, 0.05) is 23.8 Å². The van der Waals surface area contributed by atoms with Crippen molar-refractivity contribution in [3.8, 4) is 0 Å². The largest absolute Gasteiger partial charge is 0.481 e. The lowest BCUT2D eigenvalue weighted by Gasteiger charge is -2.24. The van der Waals surface area contributed by atoms with Crippen molar-refractivity contribution in [2.45, 2.75) is 63.8 Å². The SMILES string of the molecule is CC(C)(c1ccc(Br)s1)c1nnc(C2CC2)n1CCCCC(=O)O.Cl. The molecule has 8 heteroatoms. The summed E-state index contributed by atoms with van der Waals surface area (Å²) in [7, 11) is 0. The number of nitrogens with zero attached hydrogens (tertiary/aromatic N) is 3. The standard InChI is InChI=1S/C17H22BrN3O2S.ClH/c1-17(2,12-8-9-13(18)24-12)16-20-19-15(11-6-7-11)21(16)10-4-3-5-14(22)23;/h8-9,11H,3-7,10H2,1-2H3,(H,22,23);1H. The molecule has 25 heavy (non-hydrogen) atoms. The zero-order valence-corrected chi connectivity index (χ0v) is 17.6. The van der Waals surface area contributed by atoms with E-state index in [-0.39, 0.29) is 24.2 Å². The Morgan fingerprint density at radius 1 is 1.36 bits per heavy atom. The van der Waals surface area contributed by atoms with Crippen LogP contribution in [0.15, 0.2) is 15.9 Å². The van der Waals surface area contributed by atoms with Crippen molar-refractivity contribution in [2.24, 2.45) is 0 Å². The molecule has 0 atom stereocenters. The zero-order chi connectivity index (χ0) is 17.3. The summed E-state index contributed by atoms with van der Waals surface area (Å²) < 4.78 is 3.35. The first-order valence-corrected chi connectivity index (χ1v) is 9.91. The monoisotopic (exact) mass is 447 g/mol. The molecule has 0 unspecified atom stereocenters. The molecule has 0 bridgehead atoms. The maximum Gasteiger partial charge on any atom is 0.303 e. The topological polar surface area (TPSA) is 68.0 Å². The van der Waals surface area contributed by atoms with Crippen LogP contribution in [0.5, 0.6) is 0 Å². The van der Waals surface area contributed by atoms with Gasteiger partial charge in [-0.05, 0) is 67.6 Å². The Hall–Kier alpha value is -0.920. The summed E-state index contributed by atoms with van der Waals surface area (Å²) in [6.45, 7) is 5.15. The summed E-state index contributed by atoms with van der Waals surface area (Å²) in [6, 6.07) is 4.20. The number of carboxylic acids is 1. The first-order chi connectivity index (χ1) is 11.4. The Bertz CT molecular complexity index is 740. The first kappa shape index (κ1) is 20.4. The Balaban J connectivity index is 0.00000225. The molecule has 0 aliphatic heterocycles. The van der Waals surface area contributed by atoms with Gasteiger partial charge >= 0.3 is 5.97 Å². The van der Waals surface area contributed by atoms with Gasteiger partial charge in [0.1, 0.15) is 11.6 Å². The second-order valence-corrected chi connectivity index (χ2v) is 9.35. The number of hydrogen-bond donors (Lipinski definition) is 1. The summed E-state index contributed by atoms with van der Waals surface area (Å²) in [5.74, 6) is 1.85. The van der Waals surface area contributed by atoms with Crippen molar-refractivity contribution >= 4 is 45.6 Å². The molecule has 1 aliphatic rings. The highest BCUT2D eigenvalue weighted by Crippen LogP contribution is 2.42. The van der Waals surface area contributed by atoms with Crippen LogP contribution in [-0.2, 0) is 16.8 Å². The number of unbranched alkanes of at least 4 members (excludes halogenated alkanes) is 1. The predicted octanol–water partition coefficient (Wildman–Crippen LogP) is 4.98. The Labute approximate surface area is 166 Å². The van der Waals surface area contributed by atoms with Crippen molar-refractivity contribution in [3.05, 3.63) is 32.4 Å². The lowest BCUT2D eigenvalue weighted by molar-refractivity contribution is -0.137. The number of carboxylic acid groups (broad SMARTS) is 1. The van der Waals surface area contributed by atoms with Crippen LogP contribution in [0.4, 0.5) is 0 Å².